The van der Waals surface area contributed by atoms with Crippen molar-refractivity contribution in [3.8, 4) is 11.5 Å². The molecule has 0 saturated heterocycles. The number of amides is 1. The molecule has 0 bridgehead atoms. The fourth-order valence-electron chi connectivity index (χ4n) is 4.50. The summed E-state index contributed by atoms with van der Waals surface area (Å²) in [5, 5.41) is 0. The van der Waals surface area contributed by atoms with E-state index in [-0.39, 0.29) is 11.9 Å². The van der Waals surface area contributed by atoms with Gasteiger partial charge in [0.15, 0.2) is 11.5 Å². The van der Waals surface area contributed by atoms with Gasteiger partial charge in [0.2, 0.25) is 5.91 Å². The summed E-state index contributed by atoms with van der Waals surface area (Å²) in [6.07, 6.45) is 5.94. The van der Waals surface area contributed by atoms with Gasteiger partial charge in [-0.05, 0) is 60.9 Å². The molecule has 0 aromatic heterocycles. The van der Waals surface area contributed by atoms with E-state index in [0.717, 1.165) is 53.6 Å². The smallest absolute Gasteiger partial charge is 0.227 e. The minimum Gasteiger partial charge on any atom is -0.486 e. The quantitative estimate of drug-likeness (QED) is 0.681. The Kier molecular flexibility index (Phi) is 4.79. The van der Waals surface area contributed by atoms with Gasteiger partial charge in [-0.1, -0.05) is 40.2 Å². The van der Waals surface area contributed by atoms with E-state index < -0.39 is 0 Å². The fourth-order valence-corrected chi connectivity index (χ4v) is 4.96. The summed E-state index contributed by atoms with van der Waals surface area (Å²) in [7, 11) is 0. The number of ether oxygens (including phenoxy) is 2. The Morgan fingerprint density at radius 1 is 1.07 bits per heavy atom. The molecule has 1 unspecified atom stereocenters. The molecule has 4 nitrogen and oxygen atoms in total. The highest BCUT2D eigenvalue weighted by molar-refractivity contribution is 9.10. The van der Waals surface area contributed by atoms with Crippen molar-refractivity contribution in [2.24, 2.45) is 0 Å². The first-order valence-electron chi connectivity index (χ1n) is 10.2. The van der Waals surface area contributed by atoms with E-state index in [0.29, 0.717) is 25.7 Å². The van der Waals surface area contributed by atoms with Crippen LogP contribution < -0.4 is 9.47 Å². The third-order valence-corrected chi connectivity index (χ3v) is 6.69. The molecule has 1 saturated carbocycles. The molecule has 1 amide bonds. The highest BCUT2D eigenvalue weighted by Crippen LogP contribution is 2.42. The van der Waals surface area contributed by atoms with Gasteiger partial charge in [-0.3, -0.25) is 4.79 Å². The Balaban J connectivity index is 1.42. The van der Waals surface area contributed by atoms with Crippen LogP contribution in [-0.2, 0) is 17.6 Å². The number of halogens is 1. The van der Waals surface area contributed by atoms with Gasteiger partial charge in [-0.2, -0.15) is 0 Å². The normalized spacial score (nSPS) is 20.4. The number of hydrogen-bond donors (Lipinski definition) is 0. The van der Waals surface area contributed by atoms with Crippen molar-refractivity contribution in [2.45, 2.75) is 50.6 Å². The number of aryl methyl sites for hydroxylation is 1. The predicted octanol–water partition coefficient (Wildman–Crippen LogP) is 4.83. The van der Waals surface area contributed by atoms with Crippen LogP contribution in [0.3, 0.4) is 0 Å². The minimum absolute atomic E-state index is 0.209. The van der Waals surface area contributed by atoms with Crippen LogP contribution in [0.1, 0.15) is 48.4 Å². The van der Waals surface area contributed by atoms with E-state index in [1.165, 1.54) is 11.1 Å². The van der Waals surface area contributed by atoms with Crippen molar-refractivity contribution in [2.75, 3.05) is 13.2 Å². The molecule has 1 heterocycles. The molecule has 0 N–H and O–H groups in total. The maximum Gasteiger partial charge on any atom is 0.227 e. The average molecular weight is 442 g/mol. The molecule has 146 valence electrons. The highest BCUT2D eigenvalue weighted by atomic mass is 79.9. The van der Waals surface area contributed by atoms with E-state index in [9.17, 15) is 4.79 Å². The van der Waals surface area contributed by atoms with E-state index in [1.54, 1.807) is 0 Å². The first-order valence-corrected chi connectivity index (χ1v) is 11.0. The van der Waals surface area contributed by atoms with Gasteiger partial charge >= 0.3 is 0 Å². The number of carbonyl (C=O) groups excluding carboxylic acids is 1. The lowest BCUT2D eigenvalue weighted by Gasteiger charge is -2.36. The summed E-state index contributed by atoms with van der Waals surface area (Å²) in [5.74, 6) is 1.69. The van der Waals surface area contributed by atoms with Crippen LogP contribution in [0.25, 0.3) is 0 Å². The summed E-state index contributed by atoms with van der Waals surface area (Å²) in [6.45, 7) is 1.11. The molecule has 1 fully saturated rings. The SMILES string of the molecule is O=C(Cc1cc2c(cc1Br)OCCO2)N(C1CC1)C1CCCc2ccccc21. The lowest BCUT2D eigenvalue weighted by molar-refractivity contribution is -0.134. The third kappa shape index (κ3) is 3.41. The number of carbonyl (C=O) groups is 1. The maximum absolute atomic E-state index is 13.5. The monoisotopic (exact) mass is 441 g/mol. The van der Waals surface area contributed by atoms with Crippen molar-refractivity contribution in [1.82, 2.24) is 4.90 Å². The van der Waals surface area contributed by atoms with Gasteiger partial charge < -0.3 is 14.4 Å². The number of benzene rings is 2. The van der Waals surface area contributed by atoms with Gasteiger partial charge in [-0.15, -0.1) is 0 Å². The first kappa shape index (κ1) is 18.0. The van der Waals surface area contributed by atoms with Gasteiger partial charge in [0.25, 0.3) is 0 Å². The van der Waals surface area contributed by atoms with Gasteiger partial charge in [0, 0.05) is 10.5 Å². The topological polar surface area (TPSA) is 38.8 Å². The maximum atomic E-state index is 13.5. The van der Waals surface area contributed by atoms with Gasteiger partial charge in [0.05, 0.1) is 12.5 Å². The van der Waals surface area contributed by atoms with Crippen LogP contribution in [0, 0.1) is 0 Å². The first-order chi connectivity index (χ1) is 13.7. The van der Waals surface area contributed by atoms with Crippen molar-refractivity contribution in [3.05, 3.63) is 57.6 Å². The van der Waals surface area contributed by atoms with Gasteiger partial charge in [-0.25, -0.2) is 0 Å². The molecule has 5 heteroatoms. The van der Waals surface area contributed by atoms with Crippen molar-refractivity contribution in [3.63, 3.8) is 0 Å². The van der Waals surface area contributed by atoms with Crippen LogP contribution in [0.2, 0.25) is 0 Å². The van der Waals surface area contributed by atoms with Crippen LogP contribution in [0.4, 0.5) is 0 Å². The zero-order valence-corrected chi connectivity index (χ0v) is 17.4. The molecule has 0 spiro atoms. The van der Waals surface area contributed by atoms with Crippen LogP contribution in [0.5, 0.6) is 11.5 Å². The van der Waals surface area contributed by atoms with Gasteiger partial charge in [0.1, 0.15) is 13.2 Å². The van der Waals surface area contributed by atoms with Crippen LogP contribution in [-0.4, -0.2) is 30.1 Å². The van der Waals surface area contributed by atoms with E-state index in [4.69, 9.17) is 9.47 Å². The Morgan fingerprint density at radius 2 is 1.82 bits per heavy atom. The summed E-state index contributed by atoms with van der Waals surface area (Å²) in [5.41, 5.74) is 3.71. The summed E-state index contributed by atoms with van der Waals surface area (Å²) in [4.78, 5) is 15.6. The Hall–Kier alpha value is -2.01. The molecular weight excluding hydrogens is 418 g/mol. The van der Waals surface area contributed by atoms with Crippen molar-refractivity contribution in [1.29, 1.82) is 0 Å². The lowest BCUT2D eigenvalue weighted by atomic mass is 9.86. The minimum atomic E-state index is 0.209. The number of hydrogen-bond acceptors (Lipinski definition) is 3. The van der Waals surface area contributed by atoms with E-state index in [1.807, 2.05) is 12.1 Å². The second kappa shape index (κ2) is 7.43. The fraction of sp³-hybridized carbons (Fsp3) is 0.435. The lowest BCUT2D eigenvalue weighted by Crippen LogP contribution is -2.39. The molecular formula is C23H24BrNO3. The van der Waals surface area contributed by atoms with E-state index >= 15 is 0 Å². The zero-order valence-electron chi connectivity index (χ0n) is 15.8. The molecule has 0 radical (unpaired) electrons. The number of fused-ring (bicyclic) bond motifs is 2. The summed E-state index contributed by atoms with van der Waals surface area (Å²) in [6, 6.07) is 13.1. The molecule has 1 aliphatic heterocycles. The summed E-state index contributed by atoms with van der Waals surface area (Å²) >= 11 is 3.62. The second-order valence-corrected chi connectivity index (χ2v) is 8.76. The molecule has 5 rings (SSSR count). The molecule has 3 aliphatic rings. The summed E-state index contributed by atoms with van der Waals surface area (Å²) < 4.78 is 12.3. The largest absolute Gasteiger partial charge is 0.486 e. The second-order valence-electron chi connectivity index (χ2n) is 7.90. The Morgan fingerprint density at radius 3 is 2.61 bits per heavy atom. The molecule has 2 aliphatic carbocycles. The zero-order chi connectivity index (χ0) is 19.1. The number of nitrogens with zero attached hydrogens (tertiary/aromatic N) is 1. The molecule has 28 heavy (non-hydrogen) atoms. The van der Waals surface area contributed by atoms with Crippen LogP contribution >= 0.6 is 15.9 Å². The molecule has 1 atom stereocenters. The Labute approximate surface area is 174 Å². The van der Waals surface area contributed by atoms with Crippen LogP contribution in [0.15, 0.2) is 40.9 Å². The standard InChI is InChI=1S/C23H24BrNO3/c24-19-14-22-21(27-10-11-28-22)12-16(19)13-23(26)25(17-8-9-17)20-7-3-5-15-4-1-2-6-18(15)20/h1-2,4,6,12,14,17,20H,3,5,7-11,13H2. The average Bonchev–Trinajstić information content (AvgIpc) is 3.54. The van der Waals surface area contributed by atoms with E-state index in [2.05, 4.69) is 45.1 Å². The third-order valence-electron chi connectivity index (χ3n) is 5.95. The van der Waals surface area contributed by atoms with Crippen molar-refractivity contribution >= 4 is 21.8 Å². The number of rotatable bonds is 4. The Bertz CT molecular complexity index is 909. The highest BCUT2D eigenvalue weighted by Gasteiger charge is 2.39. The molecule has 2 aromatic rings. The predicted molar refractivity (Wildman–Crippen MR) is 111 cm³/mol. The molecule has 2 aromatic carbocycles. The van der Waals surface area contributed by atoms with Crippen molar-refractivity contribution < 1.29 is 14.3 Å².